The van der Waals surface area contributed by atoms with Crippen LogP contribution in [0.3, 0.4) is 0 Å². The number of rotatable bonds is 4. The molecule has 4 atom stereocenters. The summed E-state index contributed by atoms with van der Waals surface area (Å²) in [5.41, 5.74) is 7.39. The third-order valence-electron chi connectivity index (χ3n) is 5.67. The third-order valence-corrected chi connectivity index (χ3v) is 5.67. The van der Waals surface area contributed by atoms with Crippen LogP contribution >= 0.6 is 0 Å². The van der Waals surface area contributed by atoms with Crippen molar-refractivity contribution in [3.8, 4) is 0 Å². The Hall–Kier alpha value is -1.39. The van der Waals surface area contributed by atoms with Crippen LogP contribution < -0.4 is 11.1 Å². The second-order valence-electron chi connectivity index (χ2n) is 7.66. The molecule has 1 amide bonds. The standard InChI is InChI=1S/C20H31N3O/c1-15-12-19(22-20(24)17-8-5-9-18(21)13-17)10-11-23(15)14-16-6-3-2-4-7-16/h2-4,6-7,15,17-19H,5,8-14,21H2,1H3,(H,22,24). The second-order valence-corrected chi connectivity index (χ2v) is 7.66. The molecule has 2 fully saturated rings. The molecule has 24 heavy (non-hydrogen) atoms. The number of piperidine rings is 1. The quantitative estimate of drug-likeness (QED) is 0.893. The van der Waals surface area contributed by atoms with Crippen molar-refractivity contribution in [3.05, 3.63) is 35.9 Å². The third kappa shape index (κ3) is 4.58. The van der Waals surface area contributed by atoms with Crippen molar-refractivity contribution in [1.29, 1.82) is 0 Å². The van der Waals surface area contributed by atoms with E-state index in [9.17, 15) is 4.79 Å². The smallest absolute Gasteiger partial charge is 0.223 e. The van der Waals surface area contributed by atoms with Crippen molar-refractivity contribution < 1.29 is 4.79 Å². The highest BCUT2D eigenvalue weighted by Gasteiger charge is 2.30. The maximum absolute atomic E-state index is 12.5. The molecule has 4 unspecified atom stereocenters. The van der Waals surface area contributed by atoms with E-state index in [4.69, 9.17) is 5.73 Å². The first kappa shape index (κ1) is 17.4. The molecule has 1 aliphatic carbocycles. The molecule has 1 aromatic rings. The lowest BCUT2D eigenvalue weighted by molar-refractivity contribution is -0.127. The van der Waals surface area contributed by atoms with Crippen LogP contribution in [0.5, 0.6) is 0 Å². The van der Waals surface area contributed by atoms with Crippen molar-refractivity contribution in [2.24, 2.45) is 11.7 Å². The van der Waals surface area contributed by atoms with E-state index in [2.05, 4.69) is 47.5 Å². The molecule has 0 bridgehead atoms. The van der Waals surface area contributed by atoms with Gasteiger partial charge in [-0.15, -0.1) is 0 Å². The van der Waals surface area contributed by atoms with Crippen LogP contribution in [0.4, 0.5) is 0 Å². The monoisotopic (exact) mass is 329 g/mol. The molecule has 1 aliphatic heterocycles. The zero-order chi connectivity index (χ0) is 16.9. The number of hydrogen-bond donors (Lipinski definition) is 2. The van der Waals surface area contributed by atoms with Crippen LogP contribution in [0.15, 0.2) is 30.3 Å². The molecule has 0 spiro atoms. The number of benzene rings is 1. The fourth-order valence-electron chi connectivity index (χ4n) is 4.19. The molecule has 1 aromatic carbocycles. The first-order chi connectivity index (χ1) is 11.6. The minimum absolute atomic E-state index is 0.131. The molecule has 0 radical (unpaired) electrons. The van der Waals surface area contributed by atoms with Crippen LogP contribution in [-0.4, -0.2) is 35.5 Å². The summed E-state index contributed by atoms with van der Waals surface area (Å²) in [5.74, 6) is 0.366. The molecule has 1 saturated heterocycles. The summed E-state index contributed by atoms with van der Waals surface area (Å²) in [6, 6.07) is 11.7. The van der Waals surface area contributed by atoms with Gasteiger partial charge >= 0.3 is 0 Å². The summed E-state index contributed by atoms with van der Waals surface area (Å²) >= 11 is 0. The number of nitrogens with zero attached hydrogens (tertiary/aromatic N) is 1. The van der Waals surface area contributed by atoms with Crippen LogP contribution in [0.25, 0.3) is 0 Å². The fourth-order valence-corrected chi connectivity index (χ4v) is 4.19. The van der Waals surface area contributed by atoms with Crippen molar-refractivity contribution in [1.82, 2.24) is 10.2 Å². The number of amides is 1. The second kappa shape index (κ2) is 8.13. The van der Waals surface area contributed by atoms with E-state index in [1.54, 1.807) is 0 Å². The van der Waals surface area contributed by atoms with Gasteiger partial charge in [-0.05, 0) is 44.6 Å². The van der Waals surface area contributed by atoms with Gasteiger partial charge in [-0.25, -0.2) is 0 Å². The molecule has 1 saturated carbocycles. The lowest BCUT2D eigenvalue weighted by atomic mass is 9.85. The van der Waals surface area contributed by atoms with Gasteiger partial charge in [0.25, 0.3) is 0 Å². The molecular weight excluding hydrogens is 298 g/mol. The Kier molecular flexibility index (Phi) is 5.90. The molecule has 3 rings (SSSR count). The lowest BCUT2D eigenvalue weighted by Gasteiger charge is -2.38. The Bertz CT molecular complexity index is 533. The first-order valence-corrected chi connectivity index (χ1v) is 9.45. The Morgan fingerprint density at radius 1 is 1.21 bits per heavy atom. The number of nitrogens with one attached hydrogen (secondary N) is 1. The van der Waals surface area contributed by atoms with E-state index >= 15 is 0 Å². The highest BCUT2D eigenvalue weighted by Crippen LogP contribution is 2.25. The van der Waals surface area contributed by atoms with Gasteiger partial charge in [0, 0.05) is 37.1 Å². The number of likely N-dealkylation sites (tertiary alicyclic amines) is 1. The predicted molar refractivity (Wildman–Crippen MR) is 97.4 cm³/mol. The van der Waals surface area contributed by atoms with Gasteiger partial charge < -0.3 is 11.1 Å². The average Bonchev–Trinajstić information content (AvgIpc) is 2.58. The summed E-state index contributed by atoms with van der Waals surface area (Å²) in [6.07, 6.45) is 6.10. The van der Waals surface area contributed by atoms with Gasteiger partial charge in [0.2, 0.25) is 5.91 Å². The van der Waals surface area contributed by atoms with Crippen molar-refractivity contribution in [2.75, 3.05) is 6.54 Å². The highest BCUT2D eigenvalue weighted by molar-refractivity contribution is 5.79. The Balaban J connectivity index is 1.47. The Morgan fingerprint density at radius 3 is 2.71 bits per heavy atom. The van der Waals surface area contributed by atoms with Gasteiger partial charge in [0.1, 0.15) is 0 Å². The number of nitrogens with two attached hydrogens (primary N) is 1. The summed E-state index contributed by atoms with van der Waals surface area (Å²) in [6.45, 7) is 4.32. The van der Waals surface area contributed by atoms with Crippen LogP contribution in [0.1, 0.15) is 51.0 Å². The number of carbonyl (C=O) groups is 1. The zero-order valence-electron chi connectivity index (χ0n) is 14.8. The molecule has 4 heteroatoms. The Morgan fingerprint density at radius 2 is 2.00 bits per heavy atom. The largest absolute Gasteiger partial charge is 0.353 e. The van der Waals surface area contributed by atoms with Gasteiger partial charge in [0.05, 0.1) is 0 Å². The SMILES string of the molecule is CC1CC(NC(=O)C2CCCC(N)C2)CCN1Cc1ccccc1. The minimum Gasteiger partial charge on any atom is -0.353 e. The van der Waals surface area contributed by atoms with Crippen molar-refractivity contribution in [3.63, 3.8) is 0 Å². The van der Waals surface area contributed by atoms with E-state index in [1.807, 2.05) is 0 Å². The van der Waals surface area contributed by atoms with E-state index < -0.39 is 0 Å². The van der Waals surface area contributed by atoms with Crippen LogP contribution in [0.2, 0.25) is 0 Å². The normalized spacial score (nSPS) is 31.6. The van der Waals surface area contributed by atoms with E-state index in [1.165, 1.54) is 5.56 Å². The molecule has 4 nitrogen and oxygen atoms in total. The lowest BCUT2D eigenvalue weighted by Crippen LogP contribution is -2.50. The van der Waals surface area contributed by atoms with Gasteiger partial charge in [-0.3, -0.25) is 9.69 Å². The van der Waals surface area contributed by atoms with E-state index in [0.29, 0.717) is 12.1 Å². The molecule has 3 N–H and O–H groups in total. The molecule has 2 aliphatic rings. The molecular formula is C20H31N3O. The summed E-state index contributed by atoms with van der Waals surface area (Å²) in [5, 5.41) is 3.30. The van der Waals surface area contributed by atoms with Crippen LogP contribution in [-0.2, 0) is 11.3 Å². The van der Waals surface area contributed by atoms with Gasteiger partial charge in [-0.2, -0.15) is 0 Å². The Labute approximate surface area is 145 Å². The average molecular weight is 329 g/mol. The van der Waals surface area contributed by atoms with Gasteiger partial charge in [0.15, 0.2) is 0 Å². The number of hydrogen-bond acceptors (Lipinski definition) is 3. The highest BCUT2D eigenvalue weighted by atomic mass is 16.1. The zero-order valence-corrected chi connectivity index (χ0v) is 14.8. The first-order valence-electron chi connectivity index (χ1n) is 9.45. The summed E-state index contributed by atoms with van der Waals surface area (Å²) in [4.78, 5) is 15.0. The summed E-state index contributed by atoms with van der Waals surface area (Å²) in [7, 11) is 0. The molecule has 1 heterocycles. The predicted octanol–water partition coefficient (Wildman–Crippen LogP) is 2.67. The minimum atomic E-state index is 0.131. The fraction of sp³-hybridized carbons (Fsp3) is 0.650. The topological polar surface area (TPSA) is 58.4 Å². The molecule has 0 aromatic heterocycles. The molecule has 132 valence electrons. The maximum atomic E-state index is 12.5. The van der Waals surface area contributed by atoms with Crippen molar-refractivity contribution >= 4 is 5.91 Å². The van der Waals surface area contributed by atoms with Crippen molar-refractivity contribution in [2.45, 2.75) is 70.1 Å². The van der Waals surface area contributed by atoms with E-state index in [-0.39, 0.29) is 17.9 Å². The maximum Gasteiger partial charge on any atom is 0.223 e. The number of carbonyl (C=O) groups excluding carboxylic acids is 1. The summed E-state index contributed by atoms with van der Waals surface area (Å²) < 4.78 is 0. The van der Waals surface area contributed by atoms with E-state index in [0.717, 1.165) is 51.6 Å². The van der Waals surface area contributed by atoms with Gasteiger partial charge in [-0.1, -0.05) is 36.8 Å². The van der Waals surface area contributed by atoms with Crippen LogP contribution in [0, 0.1) is 5.92 Å².